The van der Waals surface area contributed by atoms with E-state index in [2.05, 4.69) is 48.3 Å². The monoisotopic (exact) mass is 352 g/mol. The molecule has 0 spiro atoms. The molecule has 0 aliphatic heterocycles. The van der Waals surface area contributed by atoms with Crippen molar-refractivity contribution in [2.45, 2.75) is 19.3 Å². The molecule has 1 fully saturated rings. The number of thiazole rings is 1. The SMILES string of the molecule is Cc1cnc(-c2ccc([C@H]3[C@H](C(=O)NO)[C@@H]3C3C=CC=CC3)cc2)s1. The lowest BCUT2D eigenvalue weighted by molar-refractivity contribution is -0.131. The second-order valence-electron chi connectivity index (χ2n) is 6.72. The normalized spacial score (nSPS) is 27.3. The molecule has 1 unspecified atom stereocenters. The Hall–Kier alpha value is -2.24. The van der Waals surface area contributed by atoms with Gasteiger partial charge in [0.1, 0.15) is 5.01 Å². The van der Waals surface area contributed by atoms with Crippen LogP contribution in [0.1, 0.15) is 22.8 Å². The Morgan fingerprint density at radius 2 is 2.08 bits per heavy atom. The molecule has 1 aromatic heterocycles. The fourth-order valence-electron chi connectivity index (χ4n) is 3.93. The van der Waals surface area contributed by atoms with E-state index in [0.717, 1.165) is 22.6 Å². The van der Waals surface area contributed by atoms with Crippen molar-refractivity contribution < 1.29 is 10.0 Å². The van der Waals surface area contributed by atoms with Gasteiger partial charge in [-0.25, -0.2) is 10.5 Å². The summed E-state index contributed by atoms with van der Waals surface area (Å²) in [6, 6.07) is 8.34. The molecular weight excluding hydrogens is 332 g/mol. The van der Waals surface area contributed by atoms with Gasteiger partial charge < -0.3 is 0 Å². The minimum atomic E-state index is -0.280. The molecule has 1 saturated carbocycles. The number of aromatic nitrogens is 1. The summed E-state index contributed by atoms with van der Waals surface area (Å²) in [6.45, 7) is 2.05. The molecule has 2 aromatic rings. The van der Waals surface area contributed by atoms with Crippen molar-refractivity contribution in [3.63, 3.8) is 0 Å². The van der Waals surface area contributed by atoms with Crippen LogP contribution in [0.2, 0.25) is 0 Å². The Labute approximate surface area is 150 Å². The van der Waals surface area contributed by atoms with Gasteiger partial charge in [0.05, 0.1) is 5.92 Å². The van der Waals surface area contributed by atoms with Gasteiger partial charge in [0.15, 0.2) is 0 Å². The smallest absolute Gasteiger partial charge is 0.247 e. The molecule has 4 atom stereocenters. The van der Waals surface area contributed by atoms with E-state index in [4.69, 9.17) is 5.21 Å². The van der Waals surface area contributed by atoms with Gasteiger partial charge in [-0.3, -0.25) is 10.0 Å². The molecule has 1 aromatic carbocycles. The van der Waals surface area contributed by atoms with Gasteiger partial charge >= 0.3 is 0 Å². The van der Waals surface area contributed by atoms with E-state index < -0.39 is 0 Å². The zero-order chi connectivity index (χ0) is 17.4. The molecule has 25 heavy (non-hydrogen) atoms. The van der Waals surface area contributed by atoms with Crippen LogP contribution in [0.3, 0.4) is 0 Å². The molecule has 4 nitrogen and oxygen atoms in total. The Bertz CT molecular complexity index is 838. The highest BCUT2D eigenvalue weighted by atomic mass is 32.1. The molecule has 1 heterocycles. The third-order valence-electron chi connectivity index (χ3n) is 5.16. The highest BCUT2D eigenvalue weighted by molar-refractivity contribution is 7.14. The molecule has 2 aliphatic carbocycles. The first-order valence-corrected chi connectivity index (χ1v) is 9.30. The van der Waals surface area contributed by atoms with Gasteiger partial charge in [0.2, 0.25) is 5.91 Å². The van der Waals surface area contributed by atoms with Crippen molar-refractivity contribution in [3.05, 3.63) is 65.2 Å². The highest BCUT2D eigenvalue weighted by Gasteiger charge is 2.57. The summed E-state index contributed by atoms with van der Waals surface area (Å²) in [5, 5.41) is 10.1. The number of hydrogen-bond acceptors (Lipinski definition) is 4. The van der Waals surface area contributed by atoms with Crippen molar-refractivity contribution in [3.8, 4) is 10.6 Å². The lowest BCUT2D eigenvalue weighted by Crippen LogP contribution is -2.22. The third-order valence-corrected chi connectivity index (χ3v) is 6.12. The quantitative estimate of drug-likeness (QED) is 0.644. The first kappa shape index (κ1) is 16.2. The van der Waals surface area contributed by atoms with Gasteiger partial charge in [-0.2, -0.15) is 0 Å². The van der Waals surface area contributed by atoms with E-state index >= 15 is 0 Å². The van der Waals surface area contributed by atoms with Crippen LogP contribution in [0.4, 0.5) is 0 Å². The Kier molecular flexibility index (Phi) is 4.27. The summed E-state index contributed by atoms with van der Waals surface area (Å²) >= 11 is 1.68. The van der Waals surface area contributed by atoms with Crippen molar-refractivity contribution >= 4 is 17.2 Å². The molecule has 0 saturated heterocycles. The van der Waals surface area contributed by atoms with Crippen LogP contribution in [0.5, 0.6) is 0 Å². The summed E-state index contributed by atoms with van der Waals surface area (Å²) in [7, 11) is 0. The third kappa shape index (κ3) is 3.05. The molecule has 5 heteroatoms. The van der Waals surface area contributed by atoms with E-state index in [9.17, 15) is 4.79 Å². The molecule has 128 valence electrons. The number of allylic oxidation sites excluding steroid dienone is 4. The Morgan fingerprint density at radius 1 is 1.28 bits per heavy atom. The number of rotatable bonds is 4. The minimum Gasteiger partial charge on any atom is -0.289 e. The van der Waals surface area contributed by atoms with Crippen LogP contribution in [0, 0.1) is 24.7 Å². The number of hydroxylamine groups is 1. The summed E-state index contributed by atoms with van der Waals surface area (Å²) < 4.78 is 0. The maximum Gasteiger partial charge on any atom is 0.247 e. The van der Waals surface area contributed by atoms with Crippen LogP contribution < -0.4 is 5.48 Å². The number of benzene rings is 1. The number of carbonyl (C=O) groups is 1. The summed E-state index contributed by atoms with van der Waals surface area (Å²) in [6.07, 6.45) is 11.2. The Balaban J connectivity index is 1.57. The van der Waals surface area contributed by atoms with Crippen LogP contribution in [0.25, 0.3) is 10.6 Å². The predicted molar refractivity (Wildman–Crippen MR) is 98.3 cm³/mol. The van der Waals surface area contributed by atoms with Gasteiger partial charge in [0.25, 0.3) is 0 Å². The summed E-state index contributed by atoms with van der Waals surface area (Å²) in [4.78, 5) is 17.7. The summed E-state index contributed by atoms with van der Waals surface area (Å²) in [5.41, 5.74) is 4.10. The standard InChI is InChI=1S/C20H20N2O2S/c1-12-11-21-20(25-12)15-9-7-14(8-10-15)17-16(18(17)19(23)22-24)13-5-3-2-4-6-13/h2-5,7-11,13,16-18,24H,6H2,1H3,(H,22,23)/t13?,16-,17-,18-/m1/s1. The largest absolute Gasteiger partial charge is 0.289 e. The van der Waals surface area contributed by atoms with E-state index in [1.165, 1.54) is 4.88 Å². The van der Waals surface area contributed by atoms with Crippen LogP contribution in [0.15, 0.2) is 54.8 Å². The maximum atomic E-state index is 12.1. The maximum absolute atomic E-state index is 12.1. The molecule has 2 N–H and O–H groups in total. The molecule has 2 aliphatic rings. The van der Waals surface area contributed by atoms with E-state index in [1.54, 1.807) is 11.3 Å². The fourth-order valence-corrected chi connectivity index (χ4v) is 4.70. The second kappa shape index (κ2) is 6.58. The fraction of sp³-hybridized carbons (Fsp3) is 0.300. The number of hydrogen-bond donors (Lipinski definition) is 2. The number of amides is 1. The van der Waals surface area contributed by atoms with Crippen LogP contribution in [-0.2, 0) is 4.79 Å². The second-order valence-corrected chi connectivity index (χ2v) is 7.95. The van der Waals surface area contributed by atoms with Crippen molar-refractivity contribution in [2.75, 3.05) is 0 Å². The summed E-state index contributed by atoms with van der Waals surface area (Å²) in [5.74, 6) is 0.289. The van der Waals surface area contributed by atoms with Crippen molar-refractivity contribution in [2.24, 2.45) is 17.8 Å². The van der Waals surface area contributed by atoms with E-state index in [1.807, 2.05) is 23.8 Å². The first-order valence-electron chi connectivity index (χ1n) is 8.49. The molecule has 1 amide bonds. The molecule has 4 rings (SSSR count). The predicted octanol–water partition coefficient (Wildman–Crippen LogP) is 4.09. The lowest BCUT2D eigenvalue weighted by atomic mass is 9.92. The number of aryl methyl sites for hydroxylation is 1. The first-order chi connectivity index (χ1) is 12.2. The van der Waals surface area contributed by atoms with E-state index in [-0.39, 0.29) is 23.7 Å². The average Bonchev–Trinajstić information content (AvgIpc) is 3.27. The molecular formula is C20H20N2O2S. The number of nitrogens with zero attached hydrogens (tertiary/aromatic N) is 1. The molecule has 0 radical (unpaired) electrons. The van der Waals surface area contributed by atoms with E-state index in [0.29, 0.717) is 5.92 Å². The topological polar surface area (TPSA) is 62.2 Å². The van der Waals surface area contributed by atoms with Crippen molar-refractivity contribution in [1.82, 2.24) is 10.5 Å². The zero-order valence-electron chi connectivity index (χ0n) is 13.9. The van der Waals surface area contributed by atoms with Crippen molar-refractivity contribution in [1.29, 1.82) is 0 Å². The average molecular weight is 352 g/mol. The highest BCUT2D eigenvalue weighted by Crippen LogP contribution is 2.59. The molecule has 0 bridgehead atoms. The van der Waals surface area contributed by atoms with Crippen LogP contribution >= 0.6 is 11.3 Å². The lowest BCUT2D eigenvalue weighted by Gasteiger charge is -2.12. The van der Waals surface area contributed by atoms with Gasteiger partial charge in [-0.15, -0.1) is 11.3 Å². The Morgan fingerprint density at radius 3 is 2.68 bits per heavy atom. The van der Waals surface area contributed by atoms with Gasteiger partial charge in [-0.05, 0) is 30.7 Å². The number of carbonyl (C=O) groups excluding carboxylic acids is 1. The zero-order valence-corrected chi connectivity index (χ0v) is 14.7. The van der Waals surface area contributed by atoms with Crippen LogP contribution in [-0.4, -0.2) is 16.1 Å². The van der Waals surface area contributed by atoms with Gasteiger partial charge in [0, 0.05) is 22.6 Å². The van der Waals surface area contributed by atoms with Gasteiger partial charge in [-0.1, -0.05) is 48.6 Å². The minimum absolute atomic E-state index is 0.153. The number of nitrogens with one attached hydrogen (secondary N) is 1.